The summed E-state index contributed by atoms with van der Waals surface area (Å²) in [7, 11) is -5.46. The largest absolute Gasteiger partial charge is 0.590 e. The van der Waals surface area contributed by atoms with E-state index in [0.29, 0.717) is 63.4 Å². The van der Waals surface area contributed by atoms with Crippen molar-refractivity contribution < 1.29 is 80.4 Å². The molecule has 0 aliphatic carbocycles. The molecule has 0 aromatic heterocycles. The Morgan fingerprint density at radius 2 is 0.775 bits per heavy atom. The lowest BCUT2D eigenvalue weighted by molar-refractivity contribution is -0.387. The summed E-state index contributed by atoms with van der Waals surface area (Å²) in [6.45, 7) is 13.5. The van der Waals surface area contributed by atoms with Crippen LogP contribution in [-0.4, -0.2) is 95.7 Å². The minimum absolute atomic E-state index is 0.00630. The number of esters is 3. The molecule has 0 bridgehead atoms. The zero-order valence-electron chi connectivity index (χ0n) is 76.4. The molecule has 0 radical (unpaired) electrons. The Labute approximate surface area is 728 Å². The van der Waals surface area contributed by atoms with Crippen LogP contribution in [0.25, 0.3) is 0 Å². The molecule has 0 spiro atoms. The van der Waals surface area contributed by atoms with E-state index in [2.05, 4.69) is 46.9 Å². The first-order chi connectivity index (χ1) is 58.6. The number of ether oxygens (including phenoxy) is 6. The van der Waals surface area contributed by atoms with Crippen LogP contribution in [0.1, 0.15) is 433 Å². The SMILES string of the molecule is CCCCCCCCCCC[C@H](CC(=O)NC1(C(=O)C[C@@H](CCCCCCCCCCC)OC(=O)CCCCCCCCC)[C@H](OCCCC)O[C@H](CO)[C@@](OCc2ccccc2)(OP(=O)(Oc2ccccc2)Oc2ccccc2)[C@@H]1OC(=O)C[C@@H](CCCCCCCCCCC)C(=O)CCCCCCCCC)OC(=O)CCCCCCCCC. The van der Waals surface area contributed by atoms with Gasteiger partial charge in [0.25, 0.3) is 5.79 Å². The number of carbonyl (C=O) groups excluding carboxylic acids is 6. The number of aliphatic hydroxyl groups excluding tert-OH is 1. The molecule has 1 unspecified atom stereocenters. The standard InChI is InChI=1S/C101H168NO17P/c1-8-15-22-28-34-37-43-46-57-69-86(91(104)76-64-49-40-31-25-18-11-4)80-97(109)116-98-100(92(105)81-89(74-58-47-44-38-35-29-23-16-9-2)113-95(107)77-65-50-41-32-26-19-12-5,102-94(106)82-90(75-59-48-45-39-36-30-24-17-10-3)114-96(108)78-66-51-42-33-27-20-13-6)99(111-79-21-14-7)115-93(83-103)101(98,112-84-85-67-55-52-56-68-85)119-120(110,117-87-70-60-53-61-71-87)118-88-72-62-54-63-73-88/h52-56,60-63,67-68,70-73,86,89-90,93,98-99,103H,8-51,57-59,64-66,69,74-84H2,1-7H3,(H,102,106)/t86-,89-,90-,93-,98-,99-,100?,101-/m1/s1. The Kier molecular flexibility index (Phi) is 61.3. The summed E-state index contributed by atoms with van der Waals surface area (Å²) in [4.78, 5) is 95.1. The summed E-state index contributed by atoms with van der Waals surface area (Å²) in [5.41, 5.74) is -2.41. The van der Waals surface area contributed by atoms with Gasteiger partial charge >= 0.3 is 25.7 Å². The third-order valence-corrected chi connectivity index (χ3v) is 24.9. The van der Waals surface area contributed by atoms with Crippen LogP contribution in [-0.2, 0) is 72.9 Å². The number of unbranched alkanes of at least 4 members (excludes halogenated alkanes) is 43. The second kappa shape index (κ2) is 68.8. The van der Waals surface area contributed by atoms with Crippen molar-refractivity contribution in [2.24, 2.45) is 5.92 Å². The smallest absolute Gasteiger partial charge is 0.462 e. The van der Waals surface area contributed by atoms with E-state index in [1.54, 1.807) is 84.9 Å². The Morgan fingerprint density at radius 1 is 0.417 bits per heavy atom. The van der Waals surface area contributed by atoms with Gasteiger partial charge in [0, 0.05) is 38.2 Å². The predicted molar refractivity (Wildman–Crippen MR) is 485 cm³/mol. The molecule has 1 heterocycles. The average molecular weight is 1700 g/mol. The third kappa shape index (κ3) is 45.9. The van der Waals surface area contributed by atoms with Crippen LogP contribution in [0.3, 0.4) is 0 Å². The molecule has 1 aliphatic rings. The number of amides is 1. The predicted octanol–water partition coefficient (Wildman–Crippen LogP) is 27.4. The van der Waals surface area contributed by atoms with E-state index in [0.717, 1.165) is 231 Å². The number of rotatable bonds is 80. The number of hydrogen-bond acceptors (Lipinski definition) is 17. The Balaban J connectivity index is 2.19. The zero-order chi connectivity index (χ0) is 86.7. The third-order valence-electron chi connectivity index (χ3n) is 23.6. The van der Waals surface area contributed by atoms with Crippen LogP contribution in [0.5, 0.6) is 11.5 Å². The second-order valence-electron chi connectivity index (χ2n) is 34.4. The molecule has 2 N–H and O–H groups in total. The van der Waals surface area contributed by atoms with E-state index >= 15 is 23.7 Å². The highest BCUT2D eigenvalue weighted by Crippen LogP contribution is 2.58. The van der Waals surface area contributed by atoms with Crippen molar-refractivity contribution in [2.75, 3.05) is 13.2 Å². The van der Waals surface area contributed by atoms with Crippen molar-refractivity contribution >= 4 is 43.2 Å². The topological polar surface area (TPSA) is 235 Å². The van der Waals surface area contributed by atoms with Crippen LogP contribution < -0.4 is 14.4 Å². The second-order valence-corrected chi connectivity index (χ2v) is 35.8. The maximum atomic E-state index is 17.7. The molecule has 3 aromatic rings. The molecule has 120 heavy (non-hydrogen) atoms. The Morgan fingerprint density at radius 3 is 1.18 bits per heavy atom. The number of ketones is 2. The summed E-state index contributed by atoms with van der Waals surface area (Å²) < 4.78 is 78.9. The van der Waals surface area contributed by atoms with Crippen molar-refractivity contribution in [3.8, 4) is 11.5 Å². The van der Waals surface area contributed by atoms with E-state index in [4.69, 9.17) is 42.0 Å². The summed E-state index contributed by atoms with van der Waals surface area (Å²) >= 11 is 0. The van der Waals surface area contributed by atoms with Gasteiger partial charge in [-0.05, 0) is 87.6 Å². The van der Waals surface area contributed by atoms with Crippen LogP contribution >= 0.6 is 7.82 Å². The molecular weight excluding hydrogens is 1530 g/mol. The highest BCUT2D eigenvalue weighted by Gasteiger charge is 2.74. The van der Waals surface area contributed by atoms with Gasteiger partial charge < -0.3 is 47.9 Å². The number of nitrogens with one attached hydrogen (secondary N) is 1. The Bertz CT molecular complexity index is 3060. The minimum Gasteiger partial charge on any atom is -0.462 e. The fourth-order valence-corrected chi connectivity index (χ4v) is 17.8. The van der Waals surface area contributed by atoms with Crippen LogP contribution in [0.15, 0.2) is 91.0 Å². The van der Waals surface area contributed by atoms with Crippen molar-refractivity contribution in [1.29, 1.82) is 0 Å². The van der Waals surface area contributed by atoms with Gasteiger partial charge in [-0.2, -0.15) is 0 Å². The van der Waals surface area contributed by atoms with Crippen LogP contribution in [0.2, 0.25) is 0 Å². The maximum absolute atomic E-state index is 17.7. The van der Waals surface area contributed by atoms with Crippen molar-refractivity contribution in [2.45, 2.75) is 476 Å². The summed E-state index contributed by atoms with van der Waals surface area (Å²) in [5.74, 6) is -7.83. The average Bonchev–Trinajstić information content (AvgIpc) is 0.703. The summed E-state index contributed by atoms with van der Waals surface area (Å²) in [6, 6.07) is 25.2. The Hall–Kier alpha value is -5.49. The number of phosphoric ester groups is 1. The van der Waals surface area contributed by atoms with E-state index in [1.807, 2.05) is 13.0 Å². The van der Waals surface area contributed by atoms with Crippen molar-refractivity contribution in [3.05, 3.63) is 96.6 Å². The molecule has 8 atom stereocenters. The van der Waals surface area contributed by atoms with Gasteiger partial charge in [-0.15, -0.1) is 0 Å². The maximum Gasteiger partial charge on any atom is 0.590 e. The molecular formula is C101H168NO17P. The molecule has 3 aromatic carbocycles. The number of phosphoric acid groups is 1. The highest BCUT2D eigenvalue weighted by molar-refractivity contribution is 7.49. The first-order valence-corrected chi connectivity index (χ1v) is 50.4. The molecule has 684 valence electrons. The fourth-order valence-electron chi connectivity index (χ4n) is 16.3. The number of aliphatic hydroxyl groups is 1. The number of para-hydroxylation sites is 2. The van der Waals surface area contributed by atoms with Gasteiger partial charge in [0.05, 0.1) is 26.1 Å². The molecule has 1 saturated heterocycles. The molecule has 18 nitrogen and oxygen atoms in total. The summed E-state index contributed by atoms with van der Waals surface area (Å²) in [5, 5.41) is 15.6. The molecule has 1 amide bonds. The van der Waals surface area contributed by atoms with E-state index in [9.17, 15) is 14.7 Å². The zero-order valence-corrected chi connectivity index (χ0v) is 77.3. The lowest BCUT2D eigenvalue weighted by atomic mass is 9.75. The summed E-state index contributed by atoms with van der Waals surface area (Å²) in [6.07, 6.45) is 39.7. The molecule has 4 rings (SSSR count). The van der Waals surface area contributed by atoms with Gasteiger partial charge in [-0.3, -0.25) is 28.8 Å². The van der Waals surface area contributed by atoms with E-state index in [-0.39, 0.29) is 56.0 Å². The molecule has 19 heteroatoms. The normalized spacial score (nSPS) is 17.4. The van der Waals surface area contributed by atoms with Crippen LogP contribution in [0, 0.1) is 5.92 Å². The quantitative estimate of drug-likeness (QED) is 0.0176. The van der Waals surface area contributed by atoms with Gasteiger partial charge in [-0.1, -0.05) is 398 Å². The lowest BCUT2D eigenvalue weighted by Gasteiger charge is -2.56. The first-order valence-electron chi connectivity index (χ1n) is 48.9. The van der Waals surface area contributed by atoms with Gasteiger partial charge in [0.15, 0.2) is 23.7 Å². The van der Waals surface area contributed by atoms with Gasteiger partial charge in [0.2, 0.25) is 5.91 Å². The van der Waals surface area contributed by atoms with Crippen molar-refractivity contribution in [1.82, 2.24) is 5.32 Å². The number of benzene rings is 3. The number of Topliss-reactive ketones (excluding diaryl/α,β-unsaturated/α-hetero) is 2. The minimum atomic E-state index is -5.46. The fraction of sp³-hybridized carbons (Fsp3) is 0.762. The molecule has 1 aliphatic heterocycles. The van der Waals surface area contributed by atoms with Crippen LogP contribution in [0.4, 0.5) is 0 Å². The molecule has 0 saturated carbocycles. The van der Waals surface area contributed by atoms with E-state index in [1.165, 1.54) is 38.5 Å². The first kappa shape index (κ1) is 107. The van der Waals surface area contributed by atoms with Gasteiger partial charge in [-0.25, -0.2) is 9.09 Å². The molecule has 1 fully saturated rings. The van der Waals surface area contributed by atoms with Gasteiger partial charge in [0.1, 0.15) is 35.6 Å². The number of hydrogen-bond donors (Lipinski definition) is 2. The van der Waals surface area contributed by atoms with E-state index < -0.39 is 118 Å². The van der Waals surface area contributed by atoms with Crippen molar-refractivity contribution in [3.63, 3.8) is 0 Å². The highest BCUT2D eigenvalue weighted by atomic mass is 31.2. The lowest BCUT2D eigenvalue weighted by Crippen LogP contribution is -2.82. The number of carbonyl (C=O) groups is 6. The monoisotopic (exact) mass is 1700 g/mol.